The van der Waals surface area contributed by atoms with Crippen LogP contribution in [0, 0.1) is 5.41 Å². The Balaban J connectivity index is 1.98. The molecule has 2 rings (SSSR count). The van der Waals surface area contributed by atoms with E-state index in [1.54, 1.807) is 0 Å². The summed E-state index contributed by atoms with van der Waals surface area (Å²) in [5, 5.41) is 13.9. The Morgan fingerprint density at radius 2 is 1.89 bits per heavy atom. The van der Waals surface area contributed by atoms with Gasteiger partial charge < -0.3 is 15.5 Å². The Kier molecular flexibility index (Phi) is 4.39. The molecule has 1 heterocycles. The first-order valence-corrected chi connectivity index (χ1v) is 6.69. The van der Waals surface area contributed by atoms with Crippen molar-refractivity contribution < 1.29 is 4.79 Å². The number of likely N-dealkylation sites (tertiary alicyclic amines) is 1. The molecule has 1 fully saturated rings. The fourth-order valence-electron chi connectivity index (χ4n) is 2.08. The molecular formula is C14H20N4O. The zero-order valence-corrected chi connectivity index (χ0v) is 11.2. The van der Waals surface area contributed by atoms with Crippen LogP contribution in [0.25, 0.3) is 0 Å². The lowest BCUT2D eigenvalue weighted by Gasteiger charge is -2.19. The van der Waals surface area contributed by atoms with Crippen molar-refractivity contribution in [3.8, 4) is 0 Å². The van der Waals surface area contributed by atoms with Crippen molar-refractivity contribution in [2.45, 2.75) is 26.2 Å². The van der Waals surface area contributed by atoms with Crippen molar-refractivity contribution in [1.82, 2.24) is 4.90 Å². The molecule has 1 aliphatic heterocycles. The van der Waals surface area contributed by atoms with Crippen molar-refractivity contribution in [1.29, 1.82) is 5.41 Å². The molecule has 1 aromatic rings. The summed E-state index contributed by atoms with van der Waals surface area (Å²) in [4.78, 5) is 13.4. The summed E-state index contributed by atoms with van der Waals surface area (Å²) in [5.74, 6) is 0.420. The van der Waals surface area contributed by atoms with E-state index >= 15 is 0 Å². The van der Waals surface area contributed by atoms with Gasteiger partial charge in [0.1, 0.15) is 0 Å². The fraction of sp³-hybridized carbons (Fsp3) is 0.429. The third-order valence-corrected chi connectivity index (χ3v) is 3.15. The molecule has 5 heteroatoms. The highest BCUT2D eigenvalue weighted by Gasteiger charge is 2.14. The predicted octanol–water partition coefficient (Wildman–Crippen LogP) is 2.48. The smallest absolute Gasteiger partial charge is 0.224 e. The minimum Gasteiger partial charge on any atom is -0.343 e. The van der Waals surface area contributed by atoms with Gasteiger partial charge in [0.05, 0.1) is 0 Å². The molecule has 1 saturated heterocycles. The summed E-state index contributed by atoms with van der Waals surface area (Å²) in [6.07, 6.45) is 2.76. The van der Waals surface area contributed by atoms with Gasteiger partial charge in [0.25, 0.3) is 0 Å². The van der Waals surface area contributed by atoms with Crippen LogP contribution in [-0.4, -0.2) is 29.9 Å². The Bertz CT molecular complexity index is 466. The van der Waals surface area contributed by atoms with E-state index in [0.29, 0.717) is 12.4 Å². The number of guanidine groups is 1. The first-order chi connectivity index (χ1) is 9.19. The molecule has 0 atom stereocenters. The van der Waals surface area contributed by atoms with Crippen molar-refractivity contribution in [2.75, 3.05) is 23.7 Å². The topological polar surface area (TPSA) is 68.2 Å². The van der Waals surface area contributed by atoms with Crippen LogP contribution in [0.3, 0.4) is 0 Å². The number of amides is 1. The van der Waals surface area contributed by atoms with Crippen LogP contribution in [0.1, 0.15) is 26.2 Å². The molecule has 5 nitrogen and oxygen atoms in total. The Morgan fingerprint density at radius 3 is 2.53 bits per heavy atom. The van der Waals surface area contributed by atoms with Crippen LogP contribution < -0.4 is 10.6 Å². The second-order valence-corrected chi connectivity index (χ2v) is 4.65. The lowest BCUT2D eigenvalue weighted by atomic mass is 10.2. The zero-order chi connectivity index (χ0) is 13.7. The quantitative estimate of drug-likeness (QED) is 0.577. The summed E-state index contributed by atoms with van der Waals surface area (Å²) < 4.78 is 0. The van der Waals surface area contributed by atoms with E-state index in [9.17, 15) is 4.79 Å². The van der Waals surface area contributed by atoms with Crippen LogP contribution >= 0.6 is 0 Å². The maximum atomic E-state index is 11.3. The van der Waals surface area contributed by atoms with Gasteiger partial charge in [-0.25, -0.2) is 0 Å². The molecule has 0 aromatic heterocycles. The maximum Gasteiger partial charge on any atom is 0.224 e. The van der Waals surface area contributed by atoms with Gasteiger partial charge in [-0.2, -0.15) is 0 Å². The number of hydrogen-bond donors (Lipinski definition) is 3. The second-order valence-electron chi connectivity index (χ2n) is 4.65. The van der Waals surface area contributed by atoms with E-state index in [1.807, 2.05) is 36.1 Å². The number of carbonyl (C=O) groups is 1. The molecular weight excluding hydrogens is 240 g/mol. The van der Waals surface area contributed by atoms with E-state index in [0.717, 1.165) is 37.3 Å². The lowest BCUT2D eigenvalue weighted by Crippen LogP contribution is -2.32. The normalized spacial score (nSPS) is 14.3. The average molecular weight is 260 g/mol. The van der Waals surface area contributed by atoms with Crippen molar-refractivity contribution in [2.24, 2.45) is 0 Å². The van der Waals surface area contributed by atoms with Crippen molar-refractivity contribution in [3.63, 3.8) is 0 Å². The molecule has 1 aliphatic rings. The van der Waals surface area contributed by atoms with Crippen LogP contribution in [0.5, 0.6) is 0 Å². The summed E-state index contributed by atoms with van der Waals surface area (Å²) in [6.45, 7) is 3.71. The molecule has 0 aliphatic carbocycles. The maximum absolute atomic E-state index is 11.3. The third-order valence-electron chi connectivity index (χ3n) is 3.15. The van der Waals surface area contributed by atoms with E-state index in [4.69, 9.17) is 5.41 Å². The SMILES string of the molecule is CCC(=O)Nc1cccc(NC(=N)N2CCCC2)c1. The molecule has 1 amide bonds. The molecule has 3 N–H and O–H groups in total. The summed E-state index contributed by atoms with van der Waals surface area (Å²) >= 11 is 0. The molecule has 0 unspecified atom stereocenters. The number of nitrogens with zero attached hydrogens (tertiary/aromatic N) is 1. The average Bonchev–Trinajstić information content (AvgIpc) is 2.93. The van der Waals surface area contributed by atoms with Crippen LogP contribution in [0.4, 0.5) is 11.4 Å². The monoisotopic (exact) mass is 260 g/mol. The molecule has 0 radical (unpaired) electrons. The number of hydrogen-bond acceptors (Lipinski definition) is 2. The van der Waals surface area contributed by atoms with Crippen molar-refractivity contribution >= 4 is 23.2 Å². The van der Waals surface area contributed by atoms with Gasteiger partial charge in [0.15, 0.2) is 5.96 Å². The zero-order valence-electron chi connectivity index (χ0n) is 11.2. The molecule has 0 saturated carbocycles. The molecule has 0 bridgehead atoms. The Morgan fingerprint density at radius 1 is 1.26 bits per heavy atom. The van der Waals surface area contributed by atoms with Gasteiger partial charge in [-0.3, -0.25) is 10.2 Å². The second kappa shape index (κ2) is 6.22. The fourth-order valence-corrected chi connectivity index (χ4v) is 2.08. The van der Waals surface area contributed by atoms with E-state index < -0.39 is 0 Å². The van der Waals surface area contributed by atoms with Crippen LogP contribution in [0.2, 0.25) is 0 Å². The highest BCUT2D eigenvalue weighted by atomic mass is 16.1. The highest BCUT2D eigenvalue weighted by Crippen LogP contribution is 2.16. The molecule has 0 spiro atoms. The van der Waals surface area contributed by atoms with Gasteiger partial charge in [-0.05, 0) is 31.0 Å². The van der Waals surface area contributed by atoms with Gasteiger partial charge in [-0.15, -0.1) is 0 Å². The lowest BCUT2D eigenvalue weighted by molar-refractivity contribution is -0.115. The minimum absolute atomic E-state index is 0.00762. The number of rotatable bonds is 3. The van der Waals surface area contributed by atoms with E-state index in [-0.39, 0.29) is 5.91 Å². The Hall–Kier alpha value is -2.04. The van der Waals surface area contributed by atoms with Gasteiger partial charge in [0, 0.05) is 30.9 Å². The minimum atomic E-state index is -0.00762. The standard InChI is InChI=1S/C14H20N4O/c1-2-13(19)16-11-6-5-7-12(10-11)17-14(15)18-8-3-4-9-18/h5-7,10H,2-4,8-9H2,1H3,(H2,15,17)(H,16,19). The van der Waals surface area contributed by atoms with Crippen LogP contribution in [0.15, 0.2) is 24.3 Å². The van der Waals surface area contributed by atoms with Crippen molar-refractivity contribution in [3.05, 3.63) is 24.3 Å². The van der Waals surface area contributed by atoms with E-state index in [1.165, 1.54) is 0 Å². The number of carbonyl (C=O) groups excluding carboxylic acids is 1. The molecule has 1 aromatic carbocycles. The molecule has 19 heavy (non-hydrogen) atoms. The first-order valence-electron chi connectivity index (χ1n) is 6.69. The predicted molar refractivity (Wildman–Crippen MR) is 77.5 cm³/mol. The largest absolute Gasteiger partial charge is 0.343 e. The third kappa shape index (κ3) is 3.71. The summed E-state index contributed by atoms with van der Waals surface area (Å²) in [6, 6.07) is 7.45. The van der Waals surface area contributed by atoms with E-state index in [2.05, 4.69) is 10.6 Å². The summed E-state index contributed by atoms with van der Waals surface area (Å²) in [5.41, 5.74) is 1.58. The van der Waals surface area contributed by atoms with Gasteiger partial charge in [-0.1, -0.05) is 13.0 Å². The number of nitrogens with one attached hydrogen (secondary N) is 3. The highest BCUT2D eigenvalue weighted by molar-refractivity contribution is 5.94. The van der Waals surface area contributed by atoms with Gasteiger partial charge >= 0.3 is 0 Å². The molecule has 102 valence electrons. The Labute approximate surface area is 113 Å². The first kappa shape index (κ1) is 13.4. The van der Waals surface area contributed by atoms with Crippen LogP contribution in [-0.2, 0) is 4.79 Å². The van der Waals surface area contributed by atoms with Gasteiger partial charge in [0.2, 0.25) is 5.91 Å². The summed E-state index contributed by atoms with van der Waals surface area (Å²) in [7, 11) is 0. The number of benzene rings is 1. The number of anilines is 2.